The van der Waals surface area contributed by atoms with E-state index in [4.69, 9.17) is 4.42 Å². The second-order valence-electron chi connectivity index (χ2n) is 4.36. The molecule has 0 aliphatic heterocycles. The van der Waals surface area contributed by atoms with Gasteiger partial charge in [-0.05, 0) is 48.5 Å². The number of pyridine rings is 1. The number of hydrogen-bond acceptors (Lipinski definition) is 3. The van der Waals surface area contributed by atoms with Gasteiger partial charge in [-0.1, -0.05) is 0 Å². The summed E-state index contributed by atoms with van der Waals surface area (Å²) in [5.74, 6) is 0.0246. The number of carbonyl (C=O) groups excluding carboxylic acids is 1. The van der Waals surface area contributed by atoms with Gasteiger partial charge in [-0.25, -0.2) is 4.39 Å². The van der Waals surface area contributed by atoms with Crippen molar-refractivity contribution in [1.82, 2.24) is 4.98 Å². The van der Waals surface area contributed by atoms with E-state index in [1.165, 1.54) is 12.1 Å². The highest BCUT2D eigenvalue weighted by Gasteiger charge is 2.12. The summed E-state index contributed by atoms with van der Waals surface area (Å²) in [5, 5.41) is 2.70. The van der Waals surface area contributed by atoms with Crippen LogP contribution in [0.25, 0.3) is 11.3 Å². The molecule has 1 N–H and O–H groups in total. The molecule has 0 spiro atoms. The Morgan fingerprint density at radius 2 is 1.71 bits per heavy atom. The number of hydrogen-bond donors (Lipinski definition) is 1. The van der Waals surface area contributed by atoms with Gasteiger partial charge in [0.2, 0.25) is 0 Å². The third kappa shape index (κ3) is 2.97. The van der Waals surface area contributed by atoms with Gasteiger partial charge in [0.25, 0.3) is 5.91 Å². The van der Waals surface area contributed by atoms with Crippen LogP contribution in [-0.4, -0.2) is 10.9 Å². The lowest BCUT2D eigenvalue weighted by Crippen LogP contribution is -2.10. The van der Waals surface area contributed by atoms with Crippen LogP contribution in [-0.2, 0) is 0 Å². The maximum Gasteiger partial charge on any atom is 0.291 e. The number of furan rings is 1. The van der Waals surface area contributed by atoms with Gasteiger partial charge in [0, 0.05) is 23.6 Å². The zero-order valence-electron chi connectivity index (χ0n) is 10.9. The number of rotatable bonds is 3. The Hall–Kier alpha value is -2.95. The van der Waals surface area contributed by atoms with Crippen molar-refractivity contribution in [2.45, 2.75) is 0 Å². The number of nitrogens with one attached hydrogen (secondary N) is 1. The van der Waals surface area contributed by atoms with Gasteiger partial charge in [-0.15, -0.1) is 0 Å². The predicted molar refractivity (Wildman–Crippen MR) is 76.3 cm³/mol. The summed E-state index contributed by atoms with van der Waals surface area (Å²) in [4.78, 5) is 15.9. The largest absolute Gasteiger partial charge is 0.451 e. The molecule has 3 rings (SSSR count). The Labute approximate surface area is 120 Å². The number of halogens is 1. The molecule has 0 saturated carbocycles. The van der Waals surface area contributed by atoms with Gasteiger partial charge in [0.05, 0.1) is 0 Å². The molecule has 0 saturated heterocycles. The molecule has 4 nitrogen and oxygen atoms in total. The third-order valence-electron chi connectivity index (χ3n) is 2.90. The smallest absolute Gasteiger partial charge is 0.291 e. The van der Waals surface area contributed by atoms with Crippen molar-refractivity contribution in [1.29, 1.82) is 0 Å². The molecule has 2 heterocycles. The Kier molecular flexibility index (Phi) is 3.47. The monoisotopic (exact) mass is 282 g/mol. The van der Waals surface area contributed by atoms with E-state index in [1.54, 1.807) is 48.8 Å². The molecular formula is C16H11FN2O2. The van der Waals surface area contributed by atoms with Crippen LogP contribution in [0.3, 0.4) is 0 Å². The second-order valence-corrected chi connectivity index (χ2v) is 4.36. The summed E-state index contributed by atoms with van der Waals surface area (Å²) in [6.45, 7) is 0. The number of nitrogens with zero attached hydrogens (tertiary/aromatic N) is 1. The maximum absolute atomic E-state index is 12.9. The first-order valence-electron chi connectivity index (χ1n) is 6.29. The van der Waals surface area contributed by atoms with E-state index in [1.807, 2.05) is 0 Å². The van der Waals surface area contributed by atoms with E-state index in [2.05, 4.69) is 10.3 Å². The summed E-state index contributed by atoms with van der Waals surface area (Å²) < 4.78 is 18.4. The van der Waals surface area contributed by atoms with Crippen LogP contribution in [0.2, 0.25) is 0 Å². The number of amides is 1. The van der Waals surface area contributed by atoms with Crippen molar-refractivity contribution in [3.8, 4) is 11.3 Å². The van der Waals surface area contributed by atoms with Crippen LogP contribution >= 0.6 is 0 Å². The van der Waals surface area contributed by atoms with Crippen molar-refractivity contribution in [3.05, 3.63) is 72.5 Å². The molecule has 0 unspecified atom stereocenters. The third-order valence-corrected chi connectivity index (χ3v) is 2.90. The van der Waals surface area contributed by atoms with Gasteiger partial charge in [-0.2, -0.15) is 0 Å². The molecule has 5 heteroatoms. The molecule has 3 aromatic rings. The minimum Gasteiger partial charge on any atom is -0.451 e. The van der Waals surface area contributed by atoms with Crippen molar-refractivity contribution >= 4 is 11.6 Å². The molecule has 0 atom stereocenters. The molecule has 0 aliphatic carbocycles. The zero-order chi connectivity index (χ0) is 14.7. The fourth-order valence-corrected chi connectivity index (χ4v) is 1.86. The summed E-state index contributed by atoms with van der Waals surface area (Å²) in [7, 11) is 0. The molecule has 1 aromatic carbocycles. The van der Waals surface area contributed by atoms with Crippen molar-refractivity contribution < 1.29 is 13.6 Å². The lowest BCUT2D eigenvalue weighted by molar-refractivity contribution is 0.0997. The number of carbonyl (C=O) groups is 1. The summed E-state index contributed by atoms with van der Waals surface area (Å²) in [6.07, 6.45) is 3.17. The topological polar surface area (TPSA) is 55.1 Å². The molecule has 0 aliphatic rings. The van der Waals surface area contributed by atoms with E-state index < -0.39 is 0 Å². The zero-order valence-corrected chi connectivity index (χ0v) is 10.9. The SMILES string of the molecule is O=C(Nc1ccncc1)c1ccc(-c2ccc(F)cc2)o1. The van der Waals surface area contributed by atoms with E-state index >= 15 is 0 Å². The Morgan fingerprint density at radius 1 is 1.00 bits per heavy atom. The quantitative estimate of drug-likeness (QED) is 0.796. The second kappa shape index (κ2) is 5.58. The first kappa shape index (κ1) is 13.1. The highest BCUT2D eigenvalue weighted by atomic mass is 19.1. The fourth-order valence-electron chi connectivity index (χ4n) is 1.86. The molecule has 0 bridgehead atoms. The van der Waals surface area contributed by atoms with Gasteiger partial charge in [-0.3, -0.25) is 9.78 Å². The van der Waals surface area contributed by atoms with Gasteiger partial charge in [0.15, 0.2) is 5.76 Å². The van der Waals surface area contributed by atoms with Gasteiger partial charge >= 0.3 is 0 Å². The van der Waals surface area contributed by atoms with Crippen LogP contribution in [0.5, 0.6) is 0 Å². The highest BCUT2D eigenvalue weighted by molar-refractivity contribution is 6.02. The van der Waals surface area contributed by atoms with Crippen molar-refractivity contribution in [2.75, 3.05) is 5.32 Å². The van der Waals surface area contributed by atoms with Crippen LogP contribution < -0.4 is 5.32 Å². The van der Waals surface area contributed by atoms with Crippen LogP contribution in [0.4, 0.5) is 10.1 Å². The Balaban J connectivity index is 1.78. The van der Waals surface area contributed by atoms with E-state index in [0.717, 1.165) is 0 Å². The highest BCUT2D eigenvalue weighted by Crippen LogP contribution is 2.22. The minimum atomic E-state index is -0.352. The van der Waals surface area contributed by atoms with Crippen LogP contribution in [0.15, 0.2) is 65.3 Å². The van der Waals surface area contributed by atoms with Gasteiger partial charge < -0.3 is 9.73 Å². The molecule has 2 aromatic heterocycles. The average Bonchev–Trinajstić information content (AvgIpc) is 2.99. The van der Waals surface area contributed by atoms with Crippen molar-refractivity contribution in [3.63, 3.8) is 0 Å². The van der Waals surface area contributed by atoms with E-state index in [0.29, 0.717) is 17.0 Å². The summed E-state index contributed by atoms with van der Waals surface area (Å²) in [5.41, 5.74) is 1.34. The molecule has 104 valence electrons. The average molecular weight is 282 g/mol. The number of anilines is 1. The summed E-state index contributed by atoms with van der Waals surface area (Å²) in [6, 6.07) is 12.5. The minimum absolute atomic E-state index is 0.186. The molecule has 21 heavy (non-hydrogen) atoms. The molecule has 0 fully saturated rings. The van der Waals surface area contributed by atoms with Crippen molar-refractivity contribution in [2.24, 2.45) is 0 Å². The first-order valence-corrected chi connectivity index (χ1v) is 6.29. The molecule has 1 amide bonds. The Morgan fingerprint density at radius 3 is 2.43 bits per heavy atom. The van der Waals surface area contributed by atoms with Crippen LogP contribution in [0.1, 0.15) is 10.6 Å². The Bertz CT molecular complexity index is 751. The summed E-state index contributed by atoms with van der Waals surface area (Å²) >= 11 is 0. The number of aromatic nitrogens is 1. The lowest BCUT2D eigenvalue weighted by Gasteiger charge is -2.02. The van der Waals surface area contributed by atoms with E-state index in [-0.39, 0.29) is 17.5 Å². The first-order chi connectivity index (χ1) is 10.2. The molecule has 0 radical (unpaired) electrons. The van der Waals surface area contributed by atoms with Crippen LogP contribution in [0, 0.1) is 5.82 Å². The number of benzene rings is 1. The fraction of sp³-hybridized carbons (Fsp3) is 0. The standard InChI is InChI=1S/C16H11FN2O2/c17-12-3-1-11(2-4-12)14-5-6-15(21-14)16(20)19-13-7-9-18-10-8-13/h1-10H,(H,18,19,20). The predicted octanol–water partition coefficient (Wildman–Crippen LogP) is 3.73. The maximum atomic E-state index is 12.9. The lowest BCUT2D eigenvalue weighted by atomic mass is 10.2. The van der Waals surface area contributed by atoms with E-state index in [9.17, 15) is 9.18 Å². The van der Waals surface area contributed by atoms with Gasteiger partial charge in [0.1, 0.15) is 11.6 Å². The molecular weight excluding hydrogens is 271 g/mol. The normalized spacial score (nSPS) is 10.3.